The van der Waals surface area contributed by atoms with Crippen molar-refractivity contribution in [3.8, 4) is 0 Å². The number of hydrogen-bond donors (Lipinski definition) is 0. The van der Waals surface area contributed by atoms with Crippen molar-refractivity contribution in [2.45, 2.75) is 149 Å². The van der Waals surface area contributed by atoms with Crippen LogP contribution in [-0.4, -0.2) is 9.55 Å². The van der Waals surface area contributed by atoms with Crippen molar-refractivity contribution in [2.24, 2.45) is 0 Å². The van der Waals surface area contributed by atoms with Crippen LogP contribution in [0.5, 0.6) is 0 Å². The summed E-state index contributed by atoms with van der Waals surface area (Å²) in [6.45, 7) is 5.72. The minimum atomic E-state index is 1.10. The lowest BCUT2D eigenvalue weighted by molar-refractivity contribution is 0.531. The van der Waals surface area contributed by atoms with Crippen molar-refractivity contribution in [1.82, 2.24) is 9.55 Å². The first-order valence-corrected chi connectivity index (χ1v) is 14.9. The molecule has 0 aliphatic heterocycles. The fourth-order valence-corrected chi connectivity index (χ4v) is 4.95. The summed E-state index contributed by atoms with van der Waals surface area (Å²) < 4.78 is 2.46. The number of imidazole rings is 1. The van der Waals surface area contributed by atoms with E-state index < -0.39 is 0 Å². The van der Waals surface area contributed by atoms with E-state index in [1.165, 1.54) is 126 Å². The lowest BCUT2D eigenvalue weighted by Crippen LogP contribution is -2.03. The van der Waals surface area contributed by atoms with Crippen molar-refractivity contribution in [3.63, 3.8) is 0 Å². The number of benzene rings is 1. The van der Waals surface area contributed by atoms with Crippen LogP contribution in [-0.2, 0) is 25.8 Å². The first-order valence-electron chi connectivity index (χ1n) is 14.9. The Labute approximate surface area is 212 Å². The Morgan fingerprint density at radius 2 is 1.12 bits per heavy atom. The SMILES string of the molecule is CCCCCCCCCCCCCCCCc1nc(CCCc2ccccc2)cn1CCCC. The zero-order chi connectivity index (χ0) is 24.1. The molecule has 0 radical (unpaired) electrons. The molecule has 0 spiro atoms. The molecule has 0 saturated heterocycles. The predicted octanol–water partition coefficient (Wildman–Crippen LogP) is 9.88. The third-order valence-electron chi connectivity index (χ3n) is 7.16. The molecule has 2 aromatic rings. The zero-order valence-electron chi connectivity index (χ0n) is 22.7. The Morgan fingerprint density at radius 1 is 0.559 bits per heavy atom. The summed E-state index contributed by atoms with van der Waals surface area (Å²) in [4.78, 5) is 5.06. The van der Waals surface area contributed by atoms with Gasteiger partial charge in [0.15, 0.2) is 0 Å². The first kappa shape index (κ1) is 28.7. The smallest absolute Gasteiger partial charge is 0.108 e. The molecule has 1 aromatic carbocycles. The summed E-state index contributed by atoms with van der Waals surface area (Å²) >= 11 is 0. The van der Waals surface area contributed by atoms with Gasteiger partial charge in [-0.25, -0.2) is 4.98 Å². The van der Waals surface area contributed by atoms with Gasteiger partial charge in [0.1, 0.15) is 5.82 Å². The van der Waals surface area contributed by atoms with Crippen molar-refractivity contribution >= 4 is 0 Å². The molecule has 0 N–H and O–H groups in total. The molecule has 1 aromatic heterocycles. The summed E-state index contributed by atoms with van der Waals surface area (Å²) in [5, 5.41) is 0. The molecule has 0 unspecified atom stereocenters. The van der Waals surface area contributed by atoms with E-state index in [1.807, 2.05) is 0 Å². The largest absolute Gasteiger partial charge is 0.335 e. The van der Waals surface area contributed by atoms with E-state index in [9.17, 15) is 0 Å². The van der Waals surface area contributed by atoms with Crippen molar-refractivity contribution in [1.29, 1.82) is 0 Å². The number of hydrogen-bond acceptors (Lipinski definition) is 1. The maximum Gasteiger partial charge on any atom is 0.108 e. The third kappa shape index (κ3) is 13.4. The molecule has 1 heterocycles. The Balaban J connectivity index is 1.55. The summed E-state index contributed by atoms with van der Waals surface area (Å²) in [5.74, 6) is 1.34. The van der Waals surface area contributed by atoms with Gasteiger partial charge >= 0.3 is 0 Å². The number of nitrogens with zero attached hydrogens (tertiary/aromatic N) is 2. The van der Waals surface area contributed by atoms with Crippen molar-refractivity contribution in [3.05, 3.63) is 53.6 Å². The molecule has 2 rings (SSSR count). The van der Waals surface area contributed by atoms with Gasteiger partial charge in [0.05, 0.1) is 5.69 Å². The Kier molecular flexibility index (Phi) is 16.6. The van der Waals surface area contributed by atoms with E-state index >= 15 is 0 Å². The standard InChI is InChI=1S/C32H54N2/c1-3-5-7-8-9-10-11-12-13-14-15-16-17-21-27-32-33-31(29-34(32)28-6-4-2)26-22-25-30-23-19-18-20-24-30/h18-20,23-24,29H,3-17,21-22,25-28H2,1-2H3. The summed E-state index contributed by atoms with van der Waals surface area (Å²) in [7, 11) is 0. The van der Waals surface area contributed by atoms with Gasteiger partial charge in [-0.05, 0) is 37.7 Å². The van der Waals surface area contributed by atoms with Crippen LogP contribution in [0.15, 0.2) is 36.5 Å². The average Bonchev–Trinajstić information content (AvgIpc) is 3.25. The number of rotatable bonds is 22. The molecule has 0 atom stereocenters. The highest BCUT2D eigenvalue weighted by Gasteiger charge is 2.08. The normalized spacial score (nSPS) is 11.4. The average molecular weight is 467 g/mol. The van der Waals surface area contributed by atoms with E-state index in [-0.39, 0.29) is 0 Å². The fraction of sp³-hybridized carbons (Fsp3) is 0.719. The molecule has 0 aliphatic rings. The minimum Gasteiger partial charge on any atom is -0.335 e. The zero-order valence-corrected chi connectivity index (χ0v) is 22.7. The molecule has 0 bridgehead atoms. The van der Waals surface area contributed by atoms with E-state index in [4.69, 9.17) is 4.98 Å². The van der Waals surface area contributed by atoms with Crippen LogP contribution < -0.4 is 0 Å². The lowest BCUT2D eigenvalue weighted by atomic mass is 10.0. The quantitative estimate of drug-likeness (QED) is 0.158. The van der Waals surface area contributed by atoms with Gasteiger partial charge in [-0.1, -0.05) is 134 Å². The van der Waals surface area contributed by atoms with Gasteiger partial charge < -0.3 is 4.57 Å². The van der Waals surface area contributed by atoms with Crippen LogP contribution in [0.3, 0.4) is 0 Å². The molecule has 0 aliphatic carbocycles. The van der Waals surface area contributed by atoms with Gasteiger partial charge in [-0.15, -0.1) is 0 Å². The Morgan fingerprint density at radius 3 is 1.71 bits per heavy atom. The van der Waals surface area contributed by atoms with Crippen LogP contribution in [0, 0.1) is 0 Å². The van der Waals surface area contributed by atoms with Crippen molar-refractivity contribution < 1.29 is 0 Å². The topological polar surface area (TPSA) is 17.8 Å². The highest BCUT2D eigenvalue weighted by molar-refractivity contribution is 5.15. The first-order chi connectivity index (χ1) is 16.8. The molecule has 0 fully saturated rings. The van der Waals surface area contributed by atoms with E-state index in [2.05, 4.69) is 54.9 Å². The lowest BCUT2D eigenvalue weighted by Gasteiger charge is -2.07. The molecular weight excluding hydrogens is 412 g/mol. The molecule has 192 valence electrons. The maximum atomic E-state index is 5.06. The van der Waals surface area contributed by atoms with Gasteiger partial charge in [-0.3, -0.25) is 0 Å². The van der Waals surface area contributed by atoms with Crippen molar-refractivity contribution in [2.75, 3.05) is 0 Å². The van der Waals surface area contributed by atoms with Gasteiger partial charge in [-0.2, -0.15) is 0 Å². The van der Waals surface area contributed by atoms with Crippen LogP contribution in [0.2, 0.25) is 0 Å². The highest BCUT2D eigenvalue weighted by atomic mass is 15.1. The monoisotopic (exact) mass is 466 g/mol. The number of unbranched alkanes of at least 4 members (excludes halogenated alkanes) is 14. The summed E-state index contributed by atoms with van der Waals surface area (Å²) in [6, 6.07) is 10.9. The van der Waals surface area contributed by atoms with E-state index in [0.29, 0.717) is 0 Å². The highest BCUT2D eigenvalue weighted by Crippen LogP contribution is 2.16. The second-order valence-corrected chi connectivity index (χ2v) is 10.4. The molecule has 34 heavy (non-hydrogen) atoms. The third-order valence-corrected chi connectivity index (χ3v) is 7.16. The minimum absolute atomic E-state index is 1.10. The van der Waals surface area contributed by atoms with Crippen LogP contribution in [0.25, 0.3) is 0 Å². The molecule has 2 nitrogen and oxygen atoms in total. The van der Waals surface area contributed by atoms with Gasteiger partial charge in [0, 0.05) is 19.2 Å². The Bertz CT molecular complexity index is 703. The molecule has 2 heteroatoms. The predicted molar refractivity (Wildman–Crippen MR) is 150 cm³/mol. The second-order valence-electron chi connectivity index (χ2n) is 10.4. The van der Waals surface area contributed by atoms with Gasteiger partial charge in [0.25, 0.3) is 0 Å². The van der Waals surface area contributed by atoms with Crippen LogP contribution >= 0.6 is 0 Å². The fourth-order valence-electron chi connectivity index (χ4n) is 4.95. The maximum absolute atomic E-state index is 5.06. The second kappa shape index (κ2) is 19.7. The van der Waals surface area contributed by atoms with E-state index in [0.717, 1.165) is 25.8 Å². The molecule has 0 saturated carbocycles. The molecule has 0 amide bonds. The van der Waals surface area contributed by atoms with Crippen LogP contribution in [0.1, 0.15) is 140 Å². The summed E-state index contributed by atoms with van der Waals surface area (Å²) in [6.07, 6.45) is 29.3. The number of aryl methyl sites for hydroxylation is 4. The van der Waals surface area contributed by atoms with Gasteiger partial charge in [0.2, 0.25) is 0 Å². The Hall–Kier alpha value is -1.57. The van der Waals surface area contributed by atoms with Crippen LogP contribution in [0.4, 0.5) is 0 Å². The summed E-state index contributed by atoms with van der Waals surface area (Å²) in [5.41, 5.74) is 2.74. The number of aromatic nitrogens is 2. The van der Waals surface area contributed by atoms with E-state index in [1.54, 1.807) is 0 Å². The molecular formula is C32H54N2.